The third-order valence-corrected chi connectivity index (χ3v) is 3.82. The van der Waals surface area contributed by atoms with Crippen molar-refractivity contribution in [2.75, 3.05) is 6.61 Å². The summed E-state index contributed by atoms with van der Waals surface area (Å²) < 4.78 is 10.8. The minimum Gasteiger partial charge on any atom is -0.494 e. The number of rotatable bonds is 9. The highest BCUT2D eigenvalue weighted by atomic mass is 16.5. The van der Waals surface area contributed by atoms with E-state index in [1.54, 1.807) is 31.2 Å². The fraction of sp³-hybridized carbons (Fsp3) is 0.333. The lowest BCUT2D eigenvalue weighted by molar-refractivity contribution is -0.129. The molecule has 0 fully saturated rings. The highest BCUT2D eigenvalue weighted by Crippen LogP contribution is 2.14. The van der Waals surface area contributed by atoms with Gasteiger partial charge in [0.15, 0.2) is 6.10 Å². The Morgan fingerprint density at radius 3 is 2.38 bits per heavy atom. The van der Waals surface area contributed by atoms with Crippen molar-refractivity contribution in [2.24, 2.45) is 0 Å². The van der Waals surface area contributed by atoms with Crippen LogP contribution in [0.5, 0.6) is 5.75 Å². The first-order valence-corrected chi connectivity index (χ1v) is 8.85. The average Bonchev–Trinajstić information content (AvgIpc) is 2.67. The Balaban J connectivity index is 1.81. The number of esters is 1. The van der Waals surface area contributed by atoms with Crippen LogP contribution >= 0.6 is 0 Å². The zero-order valence-corrected chi connectivity index (χ0v) is 15.2. The maximum Gasteiger partial charge on any atom is 0.338 e. The molecule has 2 rings (SSSR count). The van der Waals surface area contributed by atoms with E-state index in [0.717, 1.165) is 18.4 Å². The van der Waals surface area contributed by atoms with Crippen molar-refractivity contribution in [2.45, 2.75) is 39.3 Å². The smallest absolute Gasteiger partial charge is 0.338 e. The van der Waals surface area contributed by atoms with Crippen LogP contribution in [0, 0.1) is 0 Å². The third-order valence-electron chi connectivity index (χ3n) is 3.82. The second-order valence-electron chi connectivity index (χ2n) is 5.98. The van der Waals surface area contributed by atoms with Crippen molar-refractivity contribution in [1.29, 1.82) is 0 Å². The molecule has 0 radical (unpaired) electrons. The number of carbonyl (C=O) groups excluding carboxylic acids is 2. The summed E-state index contributed by atoms with van der Waals surface area (Å²) >= 11 is 0. The van der Waals surface area contributed by atoms with Crippen LogP contribution in [-0.2, 0) is 16.1 Å². The molecular weight excluding hydrogens is 330 g/mol. The van der Waals surface area contributed by atoms with Crippen molar-refractivity contribution in [1.82, 2.24) is 5.32 Å². The summed E-state index contributed by atoms with van der Waals surface area (Å²) in [6, 6.07) is 16.3. The normalized spacial score (nSPS) is 11.5. The summed E-state index contributed by atoms with van der Waals surface area (Å²) in [5.41, 5.74) is 1.37. The summed E-state index contributed by atoms with van der Waals surface area (Å²) in [6.45, 7) is 4.70. The molecule has 26 heavy (non-hydrogen) atoms. The molecule has 1 amide bonds. The molecule has 2 aromatic carbocycles. The molecule has 1 N–H and O–H groups in total. The summed E-state index contributed by atoms with van der Waals surface area (Å²) in [5, 5.41) is 2.76. The Kier molecular flexibility index (Phi) is 7.68. The molecular formula is C21H25NO4. The first kappa shape index (κ1) is 19.5. The van der Waals surface area contributed by atoms with Crippen LogP contribution in [0.25, 0.3) is 0 Å². The van der Waals surface area contributed by atoms with Gasteiger partial charge in [-0.2, -0.15) is 0 Å². The molecule has 0 aliphatic rings. The van der Waals surface area contributed by atoms with Gasteiger partial charge >= 0.3 is 5.97 Å². The summed E-state index contributed by atoms with van der Waals surface area (Å²) in [5.74, 6) is -0.155. The molecule has 0 heterocycles. The van der Waals surface area contributed by atoms with Crippen LogP contribution in [0.15, 0.2) is 54.6 Å². The molecule has 0 spiro atoms. The van der Waals surface area contributed by atoms with Gasteiger partial charge in [-0.05, 0) is 43.2 Å². The van der Waals surface area contributed by atoms with E-state index in [2.05, 4.69) is 12.2 Å². The van der Waals surface area contributed by atoms with Crippen molar-refractivity contribution in [3.63, 3.8) is 0 Å². The second kappa shape index (κ2) is 10.2. The van der Waals surface area contributed by atoms with E-state index in [0.29, 0.717) is 24.5 Å². The quantitative estimate of drug-likeness (QED) is 0.550. The Bertz CT molecular complexity index is 698. The molecule has 0 aliphatic heterocycles. The van der Waals surface area contributed by atoms with Crippen LogP contribution in [0.1, 0.15) is 42.6 Å². The second-order valence-corrected chi connectivity index (χ2v) is 5.98. The molecule has 1 atom stereocenters. The fourth-order valence-electron chi connectivity index (χ4n) is 2.23. The van der Waals surface area contributed by atoms with Crippen LogP contribution in [0.2, 0.25) is 0 Å². The van der Waals surface area contributed by atoms with Gasteiger partial charge in [-0.25, -0.2) is 4.79 Å². The zero-order valence-electron chi connectivity index (χ0n) is 15.2. The minimum absolute atomic E-state index is 0.332. The van der Waals surface area contributed by atoms with Gasteiger partial charge in [0.05, 0.1) is 12.2 Å². The van der Waals surface area contributed by atoms with E-state index in [1.807, 2.05) is 30.3 Å². The monoisotopic (exact) mass is 355 g/mol. The number of nitrogens with one attached hydrogen (secondary N) is 1. The maximum absolute atomic E-state index is 12.2. The SMILES string of the molecule is CCCCOc1ccc(C(=O)O[C@@H](C)C(=O)NCc2ccccc2)cc1. The molecule has 0 bridgehead atoms. The van der Waals surface area contributed by atoms with Crippen molar-refractivity contribution in [3.8, 4) is 5.75 Å². The van der Waals surface area contributed by atoms with Gasteiger partial charge in [0, 0.05) is 6.54 Å². The van der Waals surface area contributed by atoms with Gasteiger partial charge in [0.25, 0.3) is 5.91 Å². The predicted molar refractivity (Wildman–Crippen MR) is 100 cm³/mol. The lowest BCUT2D eigenvalue weighted by Crippen LogP contribution is -2.35. The highest BCUT2D eigenvalue weighted by molar-refractivity contribution is 5.92. The van der Waals surface area contributed by atoms with E-state index in [1.165, 1.54) is 0 Å². The Morgan fingerprint density at radius 1 is 1.04 bits per heavy atom. The number of hydrogen-bond donors (Lipinski definition) is 1. The van der Waals surface area contributed by atoms with Crippen LogP contribution < -0.4 is 10.1 Å². The number of hydrogen-bond acceptors (Lipinski definition) is 4. The van der Waals surface area contributed by atoms with Crippen molar-refractivity contribution in [3.05, 3.63) is 65.7 Å². The van der Waals surface area contributed by atoms with Gasteiger partial charge < -0.3 is 14.8 Å². The molecule has 5 heteroatoms. The van der Waals surface area contributed by atoms with E-state index in [9.17, 15) is 9.59 Å². The molecule has 5 nitrogen and oxygen atoms in total. The van der Waals surface area contributed by atoms with Gasteiger partial charge in [-0.1, -0.05) is 43.7 Å². The predicted octanol–water partition coefficient (Wildman–Crippen LogP) is 3.73. The van der Waals surface area contributed by atoms with Gasteiger partial charge in [-0.15, -0.1) is 0 Å². The molecule has 0 aliphatic carbocycles. The summed E-state index contributed by atoms with van der Waals surface area (Å²) in [4.78, 5) is 24.2. The standard InChI is InChI=1S/C21H25NO4/c1-3-4-14-25-19-12-10-18(11-13-19)21(24)26-16(2)20(23)22-15-17-8-6-5-7-9-17/h5-13,16H,3-4,14-15H2,1-2H3,(H,22,23)/t16-/m0/s1. The minimum atomic E-state index is -0.869. The van der Waals surface area contributed by atoms with Gasteiger partial charge in [0.1, 0.15) is 5.75 Å². The number of unbranched alkanes of at least 4 members (excludes halogenated alkanes) is 1. The number of ether oxygens (including phenoxy) is 2. The topological polar surface area (TPSA) is 64.6 Å². The van der Waals surface area contributed by atoms with Gasteiger partial charge in [-0.3, -0.25) is 4.79 Å². The van der Waals surface area contributed by atoms with E-state index in [-0.39, 0.29) is 5.91 Å². The zero-order chi connectivity index (χ0) is 18.8. The van der Waals surface area contributed by atoms with E-state index < -0.39 is 12.1 Å². The molecule has 0 unspecified atom stereocenters. The first-order valence-electron chi connectivity index (χ1n) is 8.85. The Morgan fingerprint density at radius 2 is 1.73 bits per heavy atom. The van der Waals surface area contributed by atoms with E-state index >= 15 is 0 Å². The summed E-state index contributed by atoms with van der Waals surface area (Å²) in [7, 11) is 0. The lowest BCUT2D eigenvalue weighted by atomic mass is 10.2. The molecule has 2 aromatic rings. The molecule has 0 saturated heterocycles. The Labute approximate surface area is 154 Å². The first-order chi connectivity index (χ1) is 12.6. The van der Waals surface area contributed by atoms with Crippen molar-refractivity contribution < 1.29 is 19.1 Å². The Hall–Kier alpha value is -2.82. The fourth-order valence-corrected chi connectivity index (χ4v) is 2.23. The lowest BCUT2D eigenvalue weighted by Gasteiger charge is -2.14. The van der Waals surface area contributed by atoms with Crippen LogP contribution in [0.4, 0.5) is 0 Å². The summed E-state index contributed by atoms with van der Waals surface area (Å²) in [6.07, 6.45) is 1.18. The molecule has 138 valence electrons. The number of benzene rings is 2. The average molecular weight is 355 g/mol. The number of carbonyl (C=O) groups is 2. The molecule has 0 saturated carbocycles. The van der Waals surface area contributed by atoms with Crippen molar-refractivity contribution >= 4 is 11.9 Å². The molecule has 0 aromatic heterocycles. The third kappa shape index (κ3) is 6.24. The van der Waals surface area contributed by atoms with Gasteiger partial charge in [0.2, 0.25) is 0 Å². The van der Waals surface area contributed by atoms with Crippen LogP contribution in [-0.4, -0.2) is 24.6 Å². The number of amides is 1. The van der Waals surface area contributed by atoms with E-state index in [4.69, 9.17) is 9.47 Å². The maximum atomic E-state index is 12.2. The highest BCUT2D eigenvalue weighted by Gasteiger charge is 2.18. The largest absolute Gasteiger partial charge is 0.494 e. The van der Waals surface area contributed by atoms with Crippen LogP contribution in [0.3, 0.4) is 0 Å².